The van der Waals surface area contributed by atoms with Crippen LogP contribution in [-0.2, 0) is 0 Å². The van der Waals surface area contributed by atoms with Crippen LogP contribution in [0.25, 0.3) is 0 Å². The van der Waals surface area contributed by atoms with E-state index in [0.29, 0.717) is 0 Å². The van der Waals surface area contributed by atoms with Gasteiger partial charge in [-0.05, 0) is 24.1 Å². The maximum atomic E-state index is 5.92. The summed E-state index contributed by atoms with van der Waals surface area (Å²) >= 11 is 0. The van der Waals surface area contributed by atoms with Crippen molar-refractivity contribution in [1.29, 1.82) is 0 Å². The number of fused-ring (bicyclic) bond motifs is 1. The third kappa shape index (κ3) is 1.30. The van der Waals surface area contributed by atoms with Crippen LogP contribution < -0.4 is 11.1 Å². The zero-order chi connectivity index (χ0) is 8.39. The summed E-state index contributed by atoms with van der Waals surface area (Å²) < 4.78 is 0. The van der Waals surface area contributed by atoms with E-state index in [0.717, 1.165) is 31.6 Å². The molecule has 1 heterocycles. The van der Waals surface area contributed by atoms with Gasteiger partial charge in [0, 0.05) is 18.7 Å². The summed E-state index contributed by atoms with van der Waals surface area (Å²) in [6.07, 6.45) is 8.52. The highest BCUT2D eigenvalue weighted by Crippen LogP contribution is 2.24. The molecule has 0 aromatic carbocycles. The van der Waals surface area contributed by atoms with E-state index in [1.807, 2.05) is 0 Å². The molecule has 0 saturated heterocycles. The van der Waals surface area contributed by atoms with Crippen LogP contribution in [0, 0.1) is 0 Å². The summed E-state index contributed by atoms with van der Waals surface area (Å²) in [6, 6.07) is 0. The van der Waals surface area contributed by atoms with E-state index in [1.54, 1.807) is 0 Å². The van der Waals surface area contributed by atoms with Crippen LogP contribution in [0.3, 0.4) is 0 Å². The van der Waals surface area contributed by atoms with Crippen molar-refractivity contribution >= 4 is 0 Å². The van der Waals surface area contributed by atoms with Crippen LogP contribution in [0.1, 0.15) is 12.8 Å². The van der Waals surface area contributed by atoms with E-state index in [4.69, 9.17) is 5.73 Å². The van der Waals surface area contributed by atoms with E-state index in [2.05, 4.69) is 23.5 Å². The normalized spacial score (nSPS) is 23.2. The van der Waals surface area contributed by atoms with E-state index < -0.39 is 0 Å². The first-order chi connectivity index (χ1) is 5.88. The predicted molar refractivity (Wildman–Crippen MR) is 50.5 cm³/mol. The number of hydrogen-bond donors (Lipinski definition) is 2. The van der Waals surface area contributed by atoms with Gasteiger partial charge in [0.1, 0.15) is 0 Å². The Labute approximate surface area is 72.8 Å². The topological polar surface area (TPSA) is 38.0 Å². The van der Waals surface area contributed by atoms with Crippen molar-refractivity contribution < 1.29 is 0 Å². The van der Waals surface area contributed by atoms with Gasteiger partial charge in [-0.1, -0.05) is 18.2 Å². The summed E-state index contributed by atoms with van der Waals surface area (Å²) in [5, 5.41) is 3.32. The number of rotatable bonds is 0. The van der Waals surface area contributed by atoms with Crippen LogP contribution >= 0.6 is 0 Å². The Morgan fingerprint density at radius 2 is 2.33 bits per heavy atom. The average molecular weight is 162 g/mol. The standard InChI is InChI=1S/C10H14N2/c11-10-3-1-2-8-4-6-12-7-5-9(8)10/h1-2,4,12H,3,5-7,11H2. The molecule has 0 unspecified atom stereocenters. The summed E-state index contributed by atoms with van der Waals surface area (Å²) in [5.41, 5.74) is 9.64. The van der Waals surface area contributed by atoms with Crippen molar-refractivity contribution in [3.63, 3.8) is 0 Å². The molecule has 0 spiro atoms. The molecule has 0 fully saturated rings. The molecule has 64 valence electrons. The zero-order valence-electron chi connectivity index (χ0n) is 7.14. The second kappa shape index (κ2) is 3.15. The van der Waals surface area contributed by atoms with Crippen LogP contribution in [0.5, 0.6) is 0 Å². The number of nitrogens with one attached hydrogen (secondary N) is 1. The second-order valence-electron chi connectivity index (χ2n) is 3.22. The maximum absolute atomic E-state index is 5.92. The summed E-state index contributed by atoms with van der Waals surface area (Å²) in [5.74, 6) is 0. The third-order valence-electron chi connectivity index (χ3n) is 2.39. The van der Waals surface area contributed by atoms with Gasteiger partial charge in [0.05, 0.1) is 0 Å². The fourth-order valence-electron chi connectivity index (χ4n) is 1.72. The lowest BCUT2D eigenvalue weighted by atomic mass is 9.95. The molecule has 0 radical (unpaired) electrons. The molecular weight excluding hydrogens is 148 g/mol. The molecular formula is C10H14N2. The second-order valence-corrected chi connectivity index (χ2v) is 3.22. The Morgan fingerprint density at radius 1 is 1.42 bits per heavy atom. The maximum Gasteiger partial charge on any atom is 0.0158 e. The van der Waals surface area contributed by atoms with Gasteiger partial charge < -0.3 is 11.1 Å². The van der Waals surface area contributed by atoms with Gasteiger partial charge in [0.25, 0.3) is 0 Å². The predicted octanol–water partition coefficient (Wildman–Crippen LogP) is 1.08. The van der Waals surface area contributed by atoms with E-state index >= 15 is 0 Å². The minimum atomic E-state index is 0.923. The van der Waals surface area contributed by atoms with Crippen LogP contribution in [-0.4, -0.2) is 13.1 Å². The monoisotopic (exact) mass is 162 g/mol. The molecule has 0 bridgehead atoms. The fraction of sp³-hybridized carbons (Fsp3) is 0.400. The van der Waals surface area contributed by atoms with Crippen LogP contribution in [0.2, 0.25) is 0 Å². The highest BCUT2D eigenvalue weighted by Gasteiger charge is 2.12. The van der Waals surface area contributed by atoms with Crippen molar-refractivity contribution in [2.24, 2.45) is 5.73 Å². The van der Waals surface area contributed by atoms with Gasteiger partial charge in [0.15, 0.2) is 0 Å². The Bertz CT molecular complexity index is 272. The molecule has 2 aliphatic rings. The molecule has 1 aliphatic heterocycles. The van der Waals surface area contributed by atoms with Gasteiger partial charge in [-0.3, -0.25) is 0 Å². The minimum Gasteiger partial charge on any atom is -0.402 e. The van der Waals surface area contributed by atoms with E-state index in [9.17, 15) is 0 Å². The number of hydrogen-bond acceptors (Lipinski definition) is 2. The molecule has 2 rings (SSSR count). The Morgan fingerprint density at radius 3 is 3.25 bits per heavy atom. The molecule has 0 saturated carbocycles. The van der Waals surface area contributed by atoms with Gasteiger partial charge in [-0.25, -0.2) is 0 Å². The van der Waals surface area contributed by atoms with Crippen molar-refractivity contribution in [3.8, 4) is 0 Å². The Kier molecular flexibility index (Phi) is 2.00. The molecule has 0 amide bonds. The van der Waals surface area contributed by atoms with E-state index in [-0.39, 0.29) is 0 Å². The smallest absolute Gasteiger partial charge is 0.0158 e. The van der Waals surface area contributed by atoms with Crippen molar-refractivity contribution in [2.75, 3.05) is 13.1 Å². The first kappa shape index (κ1) is 7.62. The summed E-state index contributed by atoms with van der Waals surface area (Å²) in [6.45, 7) is 2.01. The highest BCUT2D eigenvalue weighted by atomic mass is 14.8. The van der Waals surface area contributed by atoms with Gasteiger partial charge >= 0.3 is 0 Å². The van der Waals surface area contributed by atoms with Gasteiger partial charge in [0.2, 0.25) is 0 Å². The molecule has 3 N–H and O–H groups in total. The molecule has 0 aromatic heterocycles. The third-order valence-corrected chi connectivity index (χ3v) is 2.39. The van der Waals surface area contributed by atoms with Gasteiger partial charge in [-0.2, -0.15) is 0 Å². The first-order valence-corrected chi connectivity index (χ1v) is 4.43. The minimum absolute atomic E-state index is 0.923. The number of allylic oxidation sites excluding steroid dienone is 3. The zero-order valence-corrected chi connectivity index (χ0v) is 7.14. The lowest BCUT2D eigenvalue weighted by Gasteiger charge is -2.14. The van der Waals surface area contributed by atoms with Crippen LogP contribution in [0.15, 0.2) is 35.1 Å². The number of nitrogens with two attached hydrogens (primary N) is 1. The largest absolute Gasteiger partial charge is 0.402 e. The van der Waals surface area contributed by atoms with Crippen molar-refractivity contribution in [3.05, 3.63) is 35.1 Å². The molecule has 0 atom stereocenters. The molecule has 0 aromatic rings. The Balaban J connectivity index is 2.35. The molecule has 2 nitrogen and oxygen atoms in total. The molecule has 12 heavy (non-hydrogen) atoms. The lowest BCUT2D eigenvalue weighted by Crippen LogP contribution is -2.13. The Hall–Kier alpha value is -1.02. The SMILES string of the molecule is NC1=C2CCNCC=C2C=CC1. The van der Waals surface area contributed by atoms with Crippen molar-refractivity contribution in [1.82, 2.24) is 5.32 Å². The molecule has 2 heteroatoms. The highest BCUT2D eigenvalue weighted by molar-refractivity contribution is 5.46. The summed E-state index contributed by atoms with van der Waals surface area (Å²) in [7, 11) is 0. The van der Waals surface area contributed by atoms with Crippen molar-refractivity contribution in [2.45, 2.75) is 12.8 Å². The average Bonchev–Trinajstić information content (AvgIpc) is 2.30. The fourth-order valence-corrected chi connectivity index (χ4v) is 1.72. The molecule has 1 aliphatic carbocycles. The first-order valence-electron chi connectivity index (χ1n) is 4.43. The van der Waals surface area contributed by atoms with Gasteiger partial charge in [-0.15, -0.1) is 0 Å². The quantitative estimate of drug-likeness (QED) is 0.559. The summed E-state index contributed by atoms with van der Waals surface area (Å²) in [4.78, 5) is 0. The van der Waals surface area contributed by atoms with Crippen LogP contribution in [0.4, 0.5) is 0 Å². The van der Waals surface area contributed by atoms with E-state index in [1.165, 1.54) is 11.1 Å². The lowest BCUT2D eigenvalue weighted by molar-refractivity contribution is 0.754.